The fourth-order valence-corrected chi connectivity index (χ4v) is 4.22. The Balaban J connectivity index is 1.59. The van der Waals surface area contributed by atoms with Crippen molar-refractivity contribution in [1.82, 2.24) is 15.1 Å². The van der Waals surface area contributed by atoms with Gasteiger partial charge >= 0.3 is 0 Å². The van der Waals surface area contributed by atoms with E-state index in [1.807, 2.05) is 35.2 Å². The second kappa shape index (κ2) is 9.22. The monoisotopic (exact) mass is 373 g/mol. The van der Waals surface area contributed by atoms with Crippen molar-refractivity contribution >= 4 is 11.8 Å². The van der Waals surface area contributed by atoms with E-state index in [0.29, 0.717) is 6.61 Å². The molecule has 6 heteroatoms. The number of nitrogens with one attached hydrogen (secondary N) is 1. The Morgan fingerprint density at radius 1 is 1.11 bits per heavy atom. The van der Waals surface area contributed by atoms with Gasteiger partial charge in [0.05, 0.1) is 12.5 Å². The molecular weight excluding hydrogens is 342 g/mol. The molecule has 27 heavy (non-hydrogen) atoms. The molecule has 1 saturated carbocycles. The summed E-state index contributed by atoms with van der Waals surface area (Å²) < 4.78 is 5.90. The van der Waals surface area contributed by atoms with E-state index in [1.54, 1.807) is 0 Å². The first-order chi connectivity index (χ1) is 13.1. The van der Waals surface area contributed by atoms with E-state index in [9.17, 15) is 9.59 Å². The zero-order valence-electron chi connectivity index (χ0n) is 16.4. The van der Waals surface area contributed by atoms with Gasteiger partial charge in [0.15, 0.2) is 0 Å². The van der Waals surface area contributed by atoms with Crippen molar-refractivity contribution in [2.75, 3.05) is 39.3 Å². The minimum Gasteiger partial charge on any atom is -0.493 e. The summed E-state index contributed by atoms with van der Waals surface area (Å²) in [5.74, 6) is 1.09. The summed E-state index contributed by atoms with van der Waals surface area (Å²) in [5.41, 5.74) is 0. The summed E-state index contributed by atoms with van der Waals surface area (Å²) in [4.78, 5) is 29.1. The number of carbonyl (C=O) groups excluding carboxylic acids is 2. The van der Waals surface area contributed by atoms with Crippen molar-refractivity contribution in [3.63, 3.8) is 0 Å². The molecule has 0 radical (unpaired) electrons. The standard InChI is InChI=1S/C21H31N3O3/c1-3-23-9-11-24(12-10-23)21(26)19-13-17(14-20(19)22-16(2)25)15-27-18-7-5-4-6-8-18/h4-8,17,19-20H,3,9-15H2,1-2H3,(H,22,25)/t17-,19-,20-/m1/s1. The number of piperazine rings is 1. The molecule has 0 bridgehead atoms. The predicted molar refractivity (Wildman–Crippen MR) is 104 cm³/mol. The molecule has 0 aromatic heterocycles. The summed E-state index contributed by atoms with van der Waals surface area (Å²) in [6.07, 6.45) is 1.56. The van der Waals surface area contributed by atoms with Gasteiger partial charge in [-0.3, -0.25) is 9.59 Å². The summed E-state index contributed by atoms with van der Waals surface area (Å²) in [5, 5.41) is 3.01. The third kappa shape index (κ3) is 5.22. The van der Waals surface area contributed by atoms with Gasteiger partial charge < -0.3 is 19.9 Å². The highest BCUT2D eigenvalue weighted by molar-refractivity contribution is 5.81. The number of nitrogens with zero attached hydrogens (tertiary/aromatic N) is 2. The average molecular weight is 373 g/mol. The van der Waals surface area contributed by atoms with Gasteiger partial charge in [0, 0.05) is 39.1 Å². The zero-order valence-corrected chi connectivity index (χ0v) is 16.4. The molecule has 1 saturated heterocycles. The van der Waals surface area contributed by atoms with Gasteiger partial charge in [-0.1, -0.05) is 25.1 Å². The topological polar surface area (TPSA) is 61.9 Å². The van der Waals surface area contributed by atoms with Crippen molar-refractivity contribution in [2.45, 2.75) is 32.7 Å². The van der Waals surface area contributed by atoms with Crippen LogP contribution < -0.4 is 10.1 Å². The maximum Gasteiger partial charge on any atom is 0.227 e. The van der Waals surface area contributed by atoms with Crippen LogP contribution in [-0.2, 0) is 9.59 Å². The van der Waals surface area contributed by atoms with Crippen LogP contribution in [-0.4, -0.2) is 67.0 Å². The van der Waals surface area contributed by atoms with E-state index in [1.165, 1.54) is 6.92 Å². The second-order valence-corrected chi connectivity index (χ2v) is 7.63. The molecule has 1 N–H and O–H groups in total. The second-order valence-electron chi connectivity index (χ2n) is 7.63. The van der Waals surface area contributed by atoms with Gasteiger partial charge in [0.1, 0.15) is 5.75 Å². The Kier molecular flexibility index (Phi) is 6.72. The lowest BCUT2D eigenvalue weighted by Crippen LogP contribution is -2.52. The van der Waals surface area contributed by atoms with E-state index in [4.69, 9.17) is 4.74 Å². The van der Waals surface area contributed by atoms with Crippen molar-refractivity contribution in [3.05, 3.63) is 30.3 Å². The van der Waals surface area contributed by atoms with Crippen molar-refractivity contribution in [2.24, 2.45) is 11.8 Å². The maximum absolute atomic E-state index is 13.1. The number of likely N-dealkylation sites (N-methyl/N-ethyl adjacent to an activating group) is 1. The molecule has 1 heterocycles. The number of hydrogen-bond donors (Lipinski definition) is 1. The Bertz CT molecular complexity index is 629. The molecule has 148 valence electrons. The molecule has 3 rings (SSSR count). The average Bonchev–Trinajstić information content (AvgIpc) is 3.08. The SMILES string of the molecule is CCN1CCN(C(=O)[C@@H]2C[C@@H](COc3ccccc3)C[C@H]2NC(C)=O)CC1. The van der Waals surface area contributed by atoms with Crippen molar-refractivity contribution in [1.29, 1.82) is 0 Å². The molecule has 0 spiro atoms. The van der Waals surface area contributed by atoms with Gasteiger partial charge in [0.25, 0.3) is 0 Å². The third-order valence-electron chi connectivity index (χ3n) is 5.73. The lowest BCUT2D eigenvalue weighted by Gasteiger charge is -2.36. The van der Waals surface area contributed by atoms with Crippen LogP contribution in [0.5, 0.6) is 5.75 Å². The van der Waals surface area contributed by atoms with Crippen LogP contribution in [0.3, 0.4) is 0 Å². The first-order valence-electron chi connectivity index (χ1n) is 10.0. The Morgan fingerprint density at radius 3 is 2.44 bits per heavy atom. The quantitative estimate of drug-likeness (QED) is 0.825. The van der Waals surface area contributed by atoms with Gasteiger partial charge in [-0.05, 0) is 37.4 Å². The molecule has 6 nitrogen and oxygen atoms in total. The summed E-state index contributed by atoms with van der Waals surface area (Å²) in [7, 11) is 0. The van der Waals surface area contributed by atoms with Gasteiger partial charge in [0.2, 0.25) is 11.8 Å². The number of hydrogen-bond acceptors (Lipinski definition) is 4. The molecule has 2 fully saturated rings. The highest BCUT2D eigenvalue weighted by atomic mass is 16.5. The van der Waals surface area contributed by atoms with Gasteiger partial charge in [-0.15, -0.1) is 0 Å². The third-order valence-corrected chi connectivity index (χ3v) is 5.73. The smallest absolute Gasteiger partial charge is 0.227 e. The van der Waals surface area contributed by atoms with Gasteiger partial charge in [-0.25, -0.2) is 0 Å². The first kappa shape index (κ1) is 19.7. The van der Waals surface area contributed by atoms with E-state index in [-0.39, 0.29) is 29.7 Å². The normalized spacial score (nSPS) is 26.0. The lowest BCUT2D eigenvalue weighted by atomic mass is 10.0. The fourth-order valence-electron chi connectivity index (χ4n) is 4.22. The van der Waals surface area contributed by atoms with Crippen LogP contribution in [0, 0.1) is 11.8 Å². The van der Waals surface area contributed by atoms with E-state index >= 15 is 0 Å². The minimum absolute atomic E-state index is 0.0711. The molecule has 0 unspecified atom stereocenters. The van der Waals surface area contributed by atoms with Crippen molar-refractivity contribution < 1.29 is 14.3 Å². The van der Waals surface area contributed by atoms with Gasteiger partial charge in [-0.2, -0.15) is 0 Å². The van der Waals surface area contributed by atoms with Crippen LogP contribution >= 0.6 is 0 Å². The Morgan fingerprint density at radius 2 is 1.81 bits per heavy atom. The molecule has 2 amide bonds. The predicted octanol–water partition coefficient (Wildman–Crippen LogP) is 1.76. The Labute approximate surface area is 161 Å². The molecule has 2 aliphatic rings. The van der Waals surface area contributed by atoms with Crippen molar-refractivity contribution in [3.8, 4) is 5.75 Å². The number of carbonyl (C=O) groups is 2. The van der Waals surface area contributed by atoms with Crippen LogP contribution in [0.25, 0.3) is 0 Å². The number of para-hydroxylation sites is 1. The highest BCUT2D eigenvalue weighted by Crippen LogP contribution is 2.33. The molecule has 1 aliphatic heterocycles. The Hall–Kier alpha value is -2.08. The molecular formula is C21H31N3O3. The van der Waals surface area contributed by atoms with Crippen LogP contribution in [0.4, 0.5) is 0 Å². The molecule has 3 atom stereocenters. The maximum atomic E-state index is 13.1. The molecule has 1 aliphatic carbocycles. The van der Waals surface area contributed by atoms with E-state index < -0.39 is 0 Å². The largest absolute Gasteiger partial charge is 0.493 e. The van der Waals surface area contributed by atoms with E-state index in [2.05, 4.69) is 17.1 Å². The summed E-state index contributed by atoms with van der Waals surface area (Å²) in [6.45, 7) is 8.70. The van der Waals surface area contributed by atoms with Crippen LogP contribution in [0.15, 0.2) is 30.3 Å². The zero-order chi connectivity index (χ0) is 19.2. The summed E-state index contributed by atoms with van der Waals surface area (Å²) in [6, 6.07) is 9.65. The number of amides is 2. The first-order valence-corrected chi connectivity index (χ1v) is 10.0. The highest BCUT2D eigenvalue weighted by Gasteiger charge is 2.41. The number of ether oxygens (including phenoxy) is 1. The number of rotatable bonds is 6. The molecule has 1 aromatic carbocycles. The van der Waals surface area contributed by atoms with Crippen LogP contribution in [0.1, 0.15) is 26.7 Å². The molecule has 1 aromatic rings. The minimum atomic E-state index is -0.147. The van der Waals surface area contributed by atoms with Crippen LogP contribution in [0.2, 0.25) is 0 Å². The summed E-state index contributed by atoms with van der Waals surface area (Å²) >= 11 is 0. The van der Waals surface area contributed by atoms with E-state index in [0.717, 1.165) is 51.3 Å². The number of benzene rings is 1. The fraction of sp³-hybridized carbons (Fsp3) is 0.619. The lowest BCUT2D eigenvalue weighted by molar-refractivity contribution is -0.138.